The maximum atomic E-state index is 11.8. The van der Waals surface area contributed by atoms with Crippen molar-refractivity contribution in [3.63, 3.8) is 0 Å². The van der Waals surface area contributed by atoms with Crippen LogP contribution in [0, 0.1) is 0 Å². The van der Waals surface area contributed by atoms with Gasteiger partial charge in [-0.05, 0) is 41.4 Å². The van der Waals surface area contributed by atoms with Gasteiger partial charge in [-0.25, -0.2) is 0 Å². The molecule has 4 heteroatoms. The second kappa shape index (κ2) is 6.28. The maximum Gasteiger partial charge on any atom is 0.252 e. The van der Waals surface area contributed by atoms with Crippen molar-refractivity contribution in [1.82, 2.24) is 5.32 Å². The number of carbonyl (C=O) groups is 1. The summed E-state index contributed by atoms with van der Waals surface area (Å²) in [6, 6.07) is 7.60. The molecule has 2 nitrogen and oxygen atoms in total. The van der Waals surface area contributed by atoms with E-state index in [0.717, 1.165) is 16.2 Å². The quantitative estimate of drug-likeness (QED) is 0.840. The van der Waals surface area contributed by atoms with Gasteiger partial charge in [-0.3, -0.25) is 4.79 Å². The van der Waals surface area contributed by atoms with Crippen LogP contribution in [-0.4, -0.2) is 17.3 Å². The van der Waals surface area contributed by atoms with E-state index in [1.807, 2.05) is 25.1 Å². The lowest BCUT2D eigenvalue weighted by atomic mass is 10.2. The van der Waals surface area contributed by atoms with Crippen molar-refractivity contribution in [1.29, 1.82) is 0 Å². The standard InChI is InChI=1S/C11H13Br2NO/c1-8(6-7-12)14-11(15)9-4-2-3-5-10(9)13/h2-5,8H,6-7H2,1H3,(H,14,15). The van der Waals surface area contributed by atoms with E-state index in [4.69, 9.17) is 0 Å². The van der Waals surface area contributed by atoms with Gasteiger partial charge in [0.15, 0.2) is 0 Å². The van der Waals surface area contributed by atoms with Gasteiger partial charge >= 0.3 is 0 Å². The second-order valence-electron chi connectivity index (χ2n) is 3.33. The van der Waals surface area contributed by atoms with Crippen molar-refractivity contribution in [2.45, 2.75) is 19.4 Å². The van der Waals surface area contributed by atoms with E-state index >= 15 is 0 Å². The normalized spacial score (nSPS) is 12.2. The van der Waals surface area contributed by atoms with E-state index in [2.05, 4.69) is 37.2 Å². The first kappa shape index (κ1) is 12.7. The summed E-state index contributed by atoms with van der Waals surface area (Å²) >= 11 is 6.71. The molecule has 0 aliphatic carbocycles. The second-order valence-corrected chi connectivity index (χ2v) is 4.98. The molecular formula is C11H13Br2NO. The summed E-state index contributed by atoms with van der Waals surface area (Å²) in [4.78, 5) is 11.8. The van der Waals surface area contributed by atoms with Gasteiger partial charge in [0.05, 0.1) is 5.56 Å². The fourth-order valence-electron chi connectivity index (χ4n) is 1.18. The number of halogens is 2. The Balaban J connectivity index is 2.65. The molecule has 0 fully saturated rings. The zero-order valence-corrected chi connectivity index (χ0v) is 11.6. The number of carbonyl (C=O) groups excluding carboxylic acids is 1. The Kier molecular flexibility index (Phi) is 5.32. The number of alkyl halides is 1. The van der Waals surface area contributed by atoms with Gasteiger partial charge in [0, 0.05) is 15.8 Å². The summed E-state index contributed by atoms with van der Waals surface area (Å²) in [5.74, 6) is -0.0316. The first-order valence-corrected chi connectivity index (χ1v) is 6.68. The van der Waals surface area contributed by atoms with E-state index in [0.29, 0.717) is 5.56 Å². The molecule has 15 heavy (non-hydrogen) atoms. The molecule has 0 spiro atoms. The number of amides is 1. The zero-order valence-electron chi connectivity index (χ0n) is 8.47. The van der Waals surface area contributed by atoms with Crippen LogP contribution in [0.1, 0.15) is 23.7 Å². The molecule has 0 aromatic heterocycles. The lowest BCUT2D eigenvalue weighted by Gasteiger charge is -2.12. The average molecular weight is 335 g/mol. The molecule has 0 bridgehead atoms. The predicted molar refractivity (Wildman–Crippen MR) is 69.5 cm³/mol. The molecule has 0 heterocycles. The van der Waals surface area contributed by atoms with Crippen LogP contribution in [-0.2, 0) is 0 Å². The number of hydrogen-bond acceptors (Lipinski definition) is 1. The van der Waals surface area contributed by atoms with E-state index in [1.54, 1.807) is 6.07 Å². The van der Waals surface area contributed by atoms with Crippen LogP contribution >= 0.6 is 31.9 Å². The van der Waals surface area contributed by atoms with Crippen LogP contribution in [0.3, 0.4) is 0 Å². The summed E-state index contributed by atoms with van der Waals surface area (Å²) in [6.45, 7) is 2.00. The average Bonchev–Trinajstić information content (AvgIpc) is 2.18. The molecular weight excluding hydrogens is 322 g/mol. The van der Waals surface area contributed by atoms with Gasteiger partial charge in [0.2, 0.25) is 0 Å². The minimum absolute atomic E-state index is 0.0316. The molecule has 0 radical (unpaired) electrons. The highest BCUT2D eigenvalue weighted by atomic mass is 79.9. The van der Waals surface area contributed by atoms with Gasteiger partial charge in [-0.15, -0.1) is 0 Å². The molecule has 0 aliphatic heterocycles. The summed E-state index contributed by atoms with van der Waals surface area (Å²) in [5, 5.41) is 3.83. The summed E-state index contributed by atoms with van der Waals surface area (Å²) < 4.78 is 0.827. The lowest BCUT2D eigenvalue weighted by molar-refractivity contribution is 0.0939. The third-order valence-electron chi connectivity index (χ3n) is 2.04. The minimum Gasteiger partial charge on any atom is -0.350 e. The Morgan fingerprint density at radius 1 is 1.47 bits per heavy atom. The molecule has 1 N–H and O–H groups in total. The Bertz CT molecular complexity index is 341. The molecule has 0 saturated carbocycles. The fourth-order valence-corrected chi connectivity index (χ4v) is 2.33. The summed E-state index contributed by atoms with van der Waals surface area (Å²) in [7, 11) is 0. The predicted octanol–water partition coefficient (Wildman–Crippen LogP) is 3.35. The summed E-state index contributed by atoms with van der Waals surface area (Å²) in [6.07, 6.45) is 0.927. The van der Waals surface area contributed by atoms with Gasteiger partial charge < -0.3 is 5.32 Å². The van der Waals surface area contributed by atoms with E-state index in [9.17, 15) is 4.79 Å². The smallest absolute Gasteiger partial charge is 0.252 e. The lowest BCUT2D eigenvalue weighted by Crippen LogP contribution is -2.32. The Morgan fingerprint density at radius 2 is 2.13 bits per heavy atom. The first-order valence-electron chi connectivity index (χ1n) is 4.76. The molecule has 0 saturated heterocycles. The van der Waals surface area contributed by atoms with Crippen LogP contribution in [0.5, 0.6) is 0 Å². The van der Waals surface area contributed by atoms with Crippen molar-refractivity contribution < 1.29 is 4.79 Å². The molecule has 82 valence electrons. The minimum atomic E-state index is -0.0316. The van der Waals surface area contributed by atoms with E-state index in [1.165, 1.54) is 0 Å². The number of rotatable bonds is 4. The van der Waals surface area contributed by atoms with E-state index in [-0.39, 0.29) is 11.9 Å². The Hall–Kier alpha value is -0.350. The largest absolute Gasteiger partial charge is 0.350 e. The number of benzene rings is 1. The third-order valence-corrected chi connectivity index (χ3v) is 3.19. The topological polar surface area (TPSA) is 29.1 Å². The van der Waals surface area contributed by atoms with Crippen molar-refractivity contribution >= 4 is 37.8 Å². The molecule has 1 amide bonds. The van der Waals surface area contributed by atoms with Crippen LogP contribution in [0.25, 0.3) is 0 Å². The van der Waals surface area contributed by atoms with Crippen LogP contribution in [0.15, 0.2) is 28.7 Å². The van der Waals surface area contributed by atoms with Crippen molar-refractivity contribution in [2.75, 3.05) is 5.33 Å². The first-order chi connectivity index (χ1) is 7.15. The Morgan fingerprint density at radius 3 is 2.73 bits per heavy atom. The van der Waals surface area contributed by atoms with E-state index < -0.39 is 0 Å². The highest BCUT2D eigenvalue weighted by Crippen LogP contribution is 2.15. The van der Waals surface area contributed by atoms with Crippen molar-refractivity contribution in [3.8, 4) is 0 Å². The molecule has 1 rings (SSSR count). The monoisotopic (exact) mass is 333 g/mol. The number of hydrogen-bond donors (Lipinski definition) is 1. The van der Waals surface area contributed by atoms with Crippen molar-refractivity contribution in [3.05, 3.63) is 34.3 Å². The van der Waals surface area contributed by atoms with Gasteiger partial charge in [-0.2, -0.15) is 0 Å². The highest BCUT2D eigenvalue weighted by molar-refractivity contribution is 9.10. The third kappa shape index (κ3) is 3.95. The molecule has 1 unspecified atom stereocenters. The van der Waals surface area contributed by atoms with Gasteiger partial charge in [0.25, 0.3) is 5.91 Å². The molecule has 1 aromatic carbocycles. The zero-order chi connectivity index (χ0) is 11.3. The fraction of sp³-hybridized carbons (Fsp3) is 0.364. The van der Waals surface area contributed by atoms with Crippen molar-refractivity contribution in [2.24, 2.45) is 0 Å². The Labute approximate surface area is 107 Å². The summed E-state index contributed by atoms with van der Waals surface area (Å²) in [5.41, 5.74) is 0.680. The van der Waals surface area contributed by atoms with Crippen LogP contribution < -0.4 is 5.32 Å². The highest BCUT2D eigenvalue weighted by Gasteiger charge is 2.11. The van der Waals surface area contributed by atoms with Gasteiger partial charge in [0.1, 0.15) is 0 Å². The maximum absolute atomic E-state index is 11.8. The van der Waals surface area contributed by atoms with Crippen LogP contribution in [0.2, 0.25) is 0 Å². The van der Waals surface area contributed by atoms with Gasteiger partial charge in [-0.1, -0.05) is 28.1 Å². The SMILES string of the molecule is CC(CCBr)NC(=O)c1ccccc1Br. The number of nitrogens with one attached hydrogen (secondary N) is 1. The molecule has 0 aliphatic rings. The molecule has 1 atom stereocenters. The molecule has 1 aromatic rings. The van der Waals surface area contributed by atoms with Crippen LogP contribution in [0.4, 0.5) is 0 Å².